The van der Waals surface area contributed by atoms with Gasteiger partial charge in [0.2, 0.25) is 5.91 Å². The molecule has 1 amide bonds. The van der Waals surface area contributed by atoms with Crippen molar-refractivity contribution in [2.45, 2.75) is 25.8 Å². The molecule has 118 valence electrons. The highest BCUT2D eigenvalue weighted by molar-refractivity contribution is 5.85. The fraction of sp³-hybridized carbons (Fsp3) is 0.533. The third kappa shape index (κ3) is 5.52. The van der Waals surface area contributed by atoms with Crippen LogP contribution in [0.5, 0.6) is 5.75 Å². The number of hydrogen-bond donors (Lipinski definition) is 2. The van der Waals surface area contributed by atoms with Gasteiger partial charge in [-0.25, -0.2) is 4.39 Å². The predicted molar refractivity (Wildman–Crippen MR) is 82.4 cm³/mol. The molecule has 21 heavy (non-hydrogen) atoms. The summed E-state index contributed by atoms with van der Waals surface area (Å²) < 4.78 is 19.4. The minimum Gasteiger partial charge on any atom is -0.490 e. The first-order valence-electron chi connectivity index (χ1n) is 6.96. The molecule has 1 saturated carbocycles. The van der Waals surface area contributed by atoms with Crippen LogP contribution in [0.1, 0.15) is 31.4 Å². The number of benzene rings is 1. The Balaban J connectivity index is 0.00000220. The van der Waals surface area contributed by atoms with Crippen molar-refractivity contribution in [3.63, 3.8) is 0 Å². The Bertz CT molecular complexity index is 481. The first kappa shape index (κ1) is 17.7. The monoisotopic (exact) mass is 316 g/mol. The van der Waals surface area contributed by atoms with E-state index in [1.165, 1.54) is 18.9 Å². The number of carbonyl (C=O) groups excluding carboxylic acids is 1. The van der Waals surface area contributed by atoms with Crippen molar-refractivity contribution in [3.8, 4) is 5.75 Å². The number of amides is 1. The second-order valence-corrected chi connectivity index (χ2v) is 5.26. The minimum atomic E-state index is -0.377. The summed E-state index contributed by atoms with van der Waals surface area (Å²) in [6.45, 7) is 2.66. The number of rotatable bonds is 7. The second-order valence-electron chi connectivity index (χ2n) is 5.26. The molecule has 4 nitrogen and oxygen atoms in total. The molecule has 2 rings (SSSR count). The maximum atomic E-state index is 13.9. The number of hydrogen-bond acceptors (Lipinski definition) is 3. The molecule has 0 aliphatic heterocycles. The van der Waals surface area contributed by atoms with Gasteiger partial charge in [0.05, 0.1) is 19.2 Å². The molecule has 6 heteroatoms. The molecule has 1 aromatic rings. The van der Waals surface area contributed by atoms with Crippen LogP contribution < -0.4 is 15.4 Å². The number of ether oxygens (including phenoxy) is 1. The average molecular weight is 317 g/mol. The van der Waals surface area contributed by atoms with Crippen LogP contribution in [-0.4, -0.2) is 26.1 Å². The summed E-state index contributed by atoms with van der Waals surface area (Å²) in [5.41, 5.74) is 0.728. The van der Waals surface area contributed by atoms with Crippen molar-refractivity contribution in [3.05, 3.63) is 29.6 Å². The van der Waals surface area contributed by atoms with Crippen LogP contribution in [0, 0.1) is 11.7 Å². The van der Waals surface area contributed by atoms with Gasteiger partial charge in [-0.1, -0.05) is 6.07 Å². The molecule has 0 bridgehead atoms. The van der Waals surface area contributed by atoms with Gasteiger partial charge in [0.1, 0.15) is 0 Å². The summed E-state index contributed by atoms with van der Waals surface area (Å²) in [6.07, 6.45) is 2.35. The van der Waals surface area contributed by atoms with Gasteiger partial charge in [-0.15, -0.1) is 12.4 Å². The standard InChI is InChI=1S/C15H21FN2O2.ClH/c1-10(18-15(19)8-17-2)12-5-6-14(13(16)7-12)20-9-11-3-4-11;/h5-7,10-11,17H,3-4,8-9H2,1-2H3,(H,18,19);1H. The highest BCUT2D eigenvalue weighted by Crippen LogP contribution is 2.30. The van der Waals surface area contributed by atoms with Crippen molar-refractivity contribution in [2.75, 3.05) is 20.2 Å². The largest absolute Gasteiger partial charge is 0.490 e. The lowest BCUT2D eigenvalue weighted by atomic mass is 10.1. The normalized spacial score (nSPS) is 15.0. The van der Waals surface area contributed by atoms with E-state index in [0.29, 0.717) is 12.5 Å². The van der Waals surface area contributed by atoms with Crippen molar-refractivity contribution < 1.29 is 13.9 Å². The summed E-state index contributed by atoms with van der Waals surface area (Å²) in [7, 11) is 1.70. The minimum absolute atomic E-state index is 0. The third-order valence-electron chi connectivity index (χ3n) is 3.34. The molecule has 0 saturated heterocycles. The highest BCUT2D eigenvalue weighted by Gasteiger charge is 2.22. The van der Waals surface area contributed by atoms with Crippen molar-refractivity contribution >= 4 is 18.3 Å². The molecule has 1 fully saturated rings. The average Bonchev–Trinajstić information content (AvgIpc) is 3.21. The topological polar surface area (TPSA) is 50.4 Å². The van der Waals surface area contributed by atoms with E-state index < -0.39 is 0 Å². The maximum Gasteiger partial charge on any atom is 0.234 e. The van der Waals surface area contributed by atoms with Crippen LogP contribution in [0.3, 0.4) is 0 Å². The molecule has 1 unspecified atom stereocenters. The predicted octanol–water partition coefficient (Wildman–Crippen LogP) is 2.43. The fourth-order valence-corrected chi connectivity index (χ4v) is 1.93. The zero-order valence-corrected chi connectivity index (χ0v) is 13.1. The molecule has 0 aromatic heterocycles. The van der Waals surface area contributed by atoms with E-state index in [1.54, 1.807) is 19.2 Å². The van der Waals surface area contributed by atoms with Crippen molar-refractivity contribution in [2.24, 2.45) is 5.92 Å². The molecule has 0 heterocycles. The molecular weight excluding hydrogens is 295 g/mol. The van der Waals surface area contributed by atoms with Crippen LogP contribution >= 0.6 is 12.4 Å². The Labute approximate surface area is 130 Å². The van der Waals surface area contributed by atoms with Gasteiger partial charge < -0.3 is 15.4 Å². The number of nitrogens with one attached hydrogen (secondary N) is 2. The molecule has 1 atom stereocenters. The highest BCUT2D eigenvalue weighted by atomic mass is 35.5. The van der Waals surface area contributed by atoms with E-state index in [0.717, 1.165) is 5.56 Å². The smallest absolute Gasteiger partial charge is 0.234 e. The third-order valence-corrected chi connectivity index (χ3v) is 3.34. The Hall–Kier alpha value is -1.33. The van der Waals surface area contributed by atoms with E-state index in [4.69, 9.17) is 4.74 Å². The number of carbonyl (C=O) groups is 1. The van der Waals surface area contributed by atoms with Crippen LogP contribution in [0.15, 0.2) is 18.2 Å². The van der Waals surface area contributed by atoms with Crippen LogP contribution in [-0.2, 0) is 4.79 Å². The quantitative estimate of drug-likeness (QED) is 0.812. The fourth-order valence-electron chi connectivity index (χ4n) is 1.93. The number of halogens is 2. The zero-order valence-electron chi connectivity index (χ0n) is 12.3. The van der Waals surface area contributed by atoms with Gasteiger partial charge in [0.15, 0.2) is 11.6 Å². The van der Waals surface area contributed by atoms with E-state index >= 15 is 0 Å². The lowest BCUT2D eigenvalue weighted by Gasteiger charge is -2.15. The summed E-state index contributed by atoms with van der Waals surface area (Å²) in [6, 6.07) is 4.61. The molecule has 0 spiro atoms. The summed E-state index contributed by atoms with van der Waals surface area (Å²) in [5.74, 6) is 0.385. The van der Waals surface area contributed by atoms with Gasteiger partial charge >= 0.3 is 0 Å². The lowest BCUT2D eigenvalue weighted by molar-refractivity contribution is -0.120. The lowest BCUT2D eigenvalue weighted by Crippen LogP contribution is -2.33. The molecule has 1 aliphatic rings. The molecule has 0 radical (unpaired) electrons. The van der Waals surface area contributed by atoms with Gasteiger partial charge in [0, 0.05) is 0 Å². The van der Waals surface area contributed by atoms with Gasteiger partial charge in [-0.2, -0.15) is 0 Å². The Morgan fingerprint density at radius 1 is 1.48 bits per heavy atom. The number of likely N-dealkylation sites (N-methyl/N-ethyl adjacent to an activating group) is 1. The van der Waals surface area contributed by atoms with E-state index in [9.17, 15) is 9.18 Å². The maximum absolute atomic E-state index is 13.9. The van der Waals surface area contributed by atoms with Crippen LogP contribution in [0.4, 0.5) is 4.39 Å². The first-order chi connectivity index (χ1) is 9.60. The van der Waals surface area contributed by atoms with Crippen molar-refractivity contribution in [1.82, 2.24) is 10.6 Å². The first-order valence-corrected chi connectivity index (χ1v) is 6.96. The Morgan fingerprint density at radius 2 is 2.19 bits per heavy atom. The summed E-state index contributed by atoms with van der Waals surface area (Å²) in [5, 5.41) is 5.57. The summed E-state index contributed by atoms with van der Waals surface area (Å²) in [4.78, 5) is 11.5. The van der Waals surface area contributed by atoms with Gasteiger partial charge in [-0.05, 0) is 50.4 Å². The zero-order chi connectivity index (χ0) is 14.5. The SMILES string of the molecule is CNCC(=O)NC(C)c1ccc(OCC2CC2)c(F)c1.Cl. The van der Waals surface area contributed by atoms with E-state index in [1.807, 2.05) is 6.92 Å². The summed E-state index contributed by atoms with van der Waals surface area (Å²) >= 11 is 0. The molecular formula is C15H22ClFN2O2. The molecule has 2 N–H and O–H groups in total. The Kier molecular flexibility index (Phi) is 6.92. The van der Waals surface area contributed by atoms with Crippen LogP contribution in [0.2, 0.25) is 0 Å². The Morgan fingerprint density at radius 3 is 2.76 bits per heavy atom. The van der Waals surface area contributed by atoms with Crippen LogP contribution in [0.25, 0.3) is 0 Å². The van der Waals surface area contributed by atoms with E-state index in [2.05, 4.69) is 10.6 Å². The second kappa shape index (κ2) is 8.20. The van der Waals surface area contributed by atoms with Crippen molar-refractivity contribution in [1.29, 1.82) is 0 Å². The molecule has 1 aliphatic carbocycles. The van der Waals surface area contributed by atoms with Gasteiger partial charge in [0.25, 0.3) is 0 Å². The van der Waals surface area contributed by atoms with E-state index in [-0.39, 0.29) is 42.5 Å². The van der Waals surface area contributed by atoms with Gasteiger partial charge in [-0.3, -0.25) is 4.79 Å². The molecule has 1 aromatic carbocycles.